The number of alkyl halides is 3. The molecule has 1 aromatic rings. The molecule has 1 aromatic heterocycles. The molecule has 27 heavy (non-hydrogen) atoms. The average molecular weight is 388 g/mol. The molecular formula is C19H31F3N4O. The summed E-state index contributed by atoms with van der Waals surface area (Å²) in [5.74, 6) is 2.00. The quantitative estimate of drug-likeness (QED) is 0.520. The van der Waals surface area contributed by atoms with Gasteiger partial charge in [-0.15, -0.1) is 0 Å². The van der Waals surface area contributed by atoms with E-state index >= 15 is 0 Å². The van der Waals surface area contributed by atoms with E-state index < -0.39 is 12.7 Å². The van der Waals surface area contributed by atoms with Crippen LogP contribution in [0.2, 0.25) is 0 Å². The Bertz CT molecular complexity index is 560. The summed E-state index contributed by atoms with van der Waals surface area (Å²) in [6.07, 6.45) is 0.127. The first-order valence-electron chi connectivity index (χ1n) is 9.76. The maximum atomic E-state index is 12.7. The van der Waals surface area contributed by atoms with E-state index in [0.29, 0.717) is 19.6 Å². The van der Waals surface area contributed by atoms with Crippen LogP contribution in [0.1, 0.15) is 32.4 Å². The highest BCUT2D eigenvalue weighted by Gasteiger charge is 2.33. The van der Waals surface area contributed by atoms with Gasteiger partial charge in [0.25, 0.3) is 0 Å². The zero-order valence-corrected chi connectivity index (χ0v) is 16.3. The standard InChI is InChI=1S/C19H31F3N4O/c1-3-9-23-18(24-10-7-17-6-5-12-27-17)26-11-8-16(14-26)13-25(4-2)15-19(20,21)22/h5-6,12,16H,3-4,7-11,13-15H2,1-2H3,(H,23,24). The first-order chi connectivity index (χ1) is 12.9. The minimum Gasteiger partial charge on any atom is -0.469 e. The van der Waals surface area contributed by atoms with Crippen LogP contribution in [0, 0.1) is 5.92 Å². The van der Waals surface area contributed by atoms with Gasteiger partial charge in [0.05, 0.1) is 12.8 Å². The van der Waals surface area contributed by atoms with Crippen LogP contribution < -0.4 is 5.32 Å². The largest absolute Gasteiger partial charge is 0.469 e. The van der Waals surface area contributed by atoms with E-state index in [1.165, 1.54) is 4.90 Å². The Morgan fingerprint density at radius 2 is 2.22 bits per heavy atom. The number of aliphatic imine (C=N–C) groups is 1. The van der Waals surface area contributed by atoms with Crippen molar-refractivity contribution in [3.05, 3.63) is 24.2 Å². The zero-order valence-electron chi connectivity index (χ0n) is 16.3. The summed E-state index contributed by atoms with van der Waals surface area (Å²) in [6, 6.07) is 3.81. The Kier molecular flexibility index (Phi) is 8.47. The summed E-state index contributed by atoms with van der Waals surface area (Å²) < 4.78 is 43.4. The van der Waals surface area contributed by atoms with Crippen LogP contribution in [0.3, 0.4) is 0 Å². The summed E-state index contributed by atoms with van der Waals surface area (Å²) >= 11 is 0. The van der Waals surface area contributed by atoms with E-state index in [9.17, 15) is 13.2 Å². The fraction of sp³-hybridized carbons (Fsp3) is 0.737. The number of rotatable bonds is 9. The summed E-state index contributed by atoms with van der Waals surface area (Å²) in [6.45, 7) is 6.92. The van der Waals surface area contributed by atoms with Gasteiger partial charge in [-0.2, -0.15) is 13.2 Å². The fourth-order valence-corrected chi connectivity index (χ4v) is 3.34. The van der Waals surface area contributed by atoms with E-state index in [1.54, 1.807) is 13.2 Å². The Morgan fingerprint density at radius 1 is 1.41 bits per heavy atom. The van der Waals surface area contributed by atoms with E-state index in [2.05, 4.69) is 22.1 Å². The molecule has 1 unspecified atom stereocenters. The minimum atomic E-state index is -4.14. The summed E-state index contributed by atoms with van der Waals surface area (Å²) in [5, 5.41) is 3.38. The van der Waals surface area contributed by atoms with E-state index in [1.807, 2.05) is 12.1 Å². The summed E-state index contributed by atoms with van der Waals surface area (Å²) in [5.41, 5.74) is 0. The molecule has 1 fully saturated rings. The van der Waals surface area contributed by atoms with Gasteiger partial charge in [-0.3, -0.25) is 9.89 Å². The number of furan rings is 1. The number of likely N-dealkylation sites (tertiary alicyclic amines) is 1. The van der Waals surface area contributed by atoms with Crippen LogP contribution >= 0.6 is 0 Å². The van der Waals surface area contributed by atoms with Crippen molar-refractivity contribution in [2.75, 3.05) is 45.8 Å². The van der Waals surface area contributed by atoms with Crippen molar-refractivity contribution < 1.29 is 17.6 Å². The van der Waals surface area contributed by atoms with Gasteiger partial charge in [0.1, 0.15) is 5.76 Å². The van der Waals surface area contributed by atoms with Gasteiger partial charge in [0.2, 0.25) is 0 Å². The molecule has 1 saturated heterocycles. The summed E-state index contributed by atoms with van der Waals surface area (Å²) in [7, 11) is 0. The van der Waals surface area contributed by atoms with E-state index in [4.69, 9.17) is 4.42 Å². The molecule has 0 aromatic carbocycles. The molecule has 0 spiro atoms. The molecular weight excluding hydrogens is 357 g/mol. The Hall–Kier alpha value is -1.70. The molecule has 8 heteroatoms. The predicted octanol–water partition coefficient (Wildman–Crippen LogP) is 3.38. The van der Waals surface area contributed by atoms with Gasteiger partial charge >= 0.3 is 6.18 Å². The van der Waals surface area contributed by atoms with E-state index in [0.717, 1.165) is 50.6 Å². The molecule has 0 radical (unpaired) electrons. The van der Waals surface area contributed by atoms with Crippen molar-refractivity contribution in [2.45, 2.75) is 39.3 Å². The number of hydrogen-bond donors (Lipinski definition) is 1. The average Bonchev–Trinajstić information content (AvgIpc) is 3.28. The molecule has 1 N–H and O–H groups in total. The molecule has 154 valence electrons. The molecule has 0 bridgehead atoms. The number of nitrogens with one attached hydrogen (secondary N) is 1. The van der Waals surface area contributed by atoms with Crippen molar-refractivity contribution in [2.24, 2.45) is 10.9 Å². The highest BCUT2D eigenvalue weighted by molar-refractivity contribution is 5.80. The molecule has 0 aliphatic carbocycles. The highest BCUT2D eigenvalue weighted by atomic mass is 19.4. The van der Waals surface area contributed by atoms with Crippen LogP contribution in [0.4, 0.5) is 13.2 Å². The maximum absolute atomic E-state index is 12.7. The van der Waals surface area contributed by atoms with Crippen molar-refractivity contribution in [3.8, 4) is 0 Å². The predicted molar refractivity (Wildman–Crippen MR) is 101 cm³/mol. The van der Waals surface area contributed by atoms with Crippen molar-refractivity contribution >= 4 is 5.96 Å². The van der Waals surface area contributed by atoms with Gasteiger partial charge in [0.15, 0.2) is 5.96 Å². The third-order valence-electron chi connectivity index (χ3n) is 4.67. The molecule has 1 aliphatic rings. The number of guanidine groups is 1. The third kappa shape index (κ3) is 7.82. The Labute approximate surface area is 159 Å². The van der Waals surface area contributed by atoms with Crippen molar-refractivity contribution in [1.29, 1.82) is 0 Å². The number of nitrogens with zero attached hydrogens (tertiary/aromatic N) is 3. The molecule has 2 rings (SSSR count). The summed E-state index contributed by atoms with van der Waals surface area (Å²) in [4.78, 5) is 8.30. The Balaban J connectivity index is 1.85. The SMILES string of the molecule is CCCN=C(NCCc1ccco1)N1CCC(CN(CC)CC(F)(F)F)C1. The lowest BCUT2D eigenvalue weighted by molar-refractivity contribution is -0.146. The van der Waals surface area contributed by atoms with Crippen LogP contribution in [0.5, 0.6) is 0 Å². The molecule has 1 aliphatic heterocycles. The fourth-order valence-electron chi connectivity index (χ4n) is 3.34. The lowest BCUT2D eigenvalue weighted by Crippen LogP contribution is -2.42. The van der Waals surface area contributed by atoms with E-state index in [-0.39, 0.29) is 5.92 Å². The Morgan fingerprint density at radius 3 is 2.85 bits per heavy atom. The van der Waals surface area contributed by atoms with Gasteiger partial charge in [0, 0.05) is 39.1 Å². The first-order valence-corrected chi connectivity index (χ1v) is 9.76. The zero-order chi connectivity index (χ0) is 19.7. The van der Waals surface area contributed by atoms with Crippen molar-refractivity contribution in [3.63, 3.8) is 0 Å². The highest BCUT2D eigenvalue weighted by Crippen LogP contribution is 2.21. The molecule has 2 heterocycles. The lowest BCUT2D eigenvalue weighted by atomic mass is 10.1. The first kappa shape index (κ1) is 21.6. The third-order valence-corrected chi connectivity index (χ3v) is 4.67. The van der Waals surface area contributed by atoms with Gasteiger partial charge in [-0.1, -0.05) is 13.8 Å². The van der Waals surface area contributed by atoms with Crippen molar-refractivity contribution in [1.82, 2.24) is 15.1 Å². The van der Waals surface area contributed by atoms with Gasteiger partial charge < -0.3 is 14.6 Å². The number of halogens is 3. The second-order valence-corrected chi connectivity index (χ2v) is 7.01. The van der Waals surface area contributed by atoms with Gasteiger partial charge in [-0.25, -0.2) is 0 Å². The normalized spacial score (nSPS) is 18.5. The van der Waals surface area contributed by atoms with Crippen LogP contribution in [0.15, 0.2) is 27.8 Å². The minimum absolute atomic E-state index is 0.228. The monoisotopic (exact) mass is 388 g/mol. The number of hydrogen-bond acceptors (Lipinski definition) is 3. The maximum Gasteiger partial charge on any atom is 0.401 e. The molecule has 0 amide bonds. The molecule has 0 saturated carbocycles. The molecule has 5 nitrogen and oxygen atoms in total. The second kappa shape index (κ2) is 10.6. The van der Waals surface area contributed by atoms with Gasteiger partial charge in [-0.05, 0) is 37.4 Å². The van der Waals surface area contributed by atoms with Crippen LogP contribution in [-0.2, 0) is 6.42 Å². The van der Waals surface area contributed by atoms with Crippen LogP contribution in [0.25, 0.3) is 0 Å². The topological polar surface area (TPSA) is 44.0 Å². The van der Waals surface area contributed by atoms with Crippen LogP contribution in [-0.4, -0.2) is 67.7 Å². The molecule has 1 atom stereocenters. The smallest absolute Gasteiger partial charge is 0.401 e. The lowest BCUT2D eigenvalue weighted by Gasteiger charge is -2.26. The second-order valence-electron chi connectivity index (χ2n) is 7.01.